The molecule has 0 bridgehead atoms. The quantitative estimate of drug-likeness (QED) is 0.635. The zero-order valence-corrected chi connectivity index (χ0v) is 9.54. The standard InChI is InChI=1S/C6H11BrN3P/c1-6(2,3)10-4(7)8-9-5(10)11/h11H2,1-3H3. The van der Waals surface area contributed by atoms with Crippen LogP contribution < -0.4 is 5.57 Å². The molecule has 0 aliphatic rings. The predicted molar refractivity (Wildman–Crippen MR) is 52.1 cm³/mol. The van der Waals surface area contributed by atoms with Gasteiger partial charge in [-0.15, -0.1) is 10.2 Å². The Bertz CT molecular complexity index is 244. The molecule has 0 amide bonds. The molecule has 1 unspecified atom stereocenters. The van der Waals surface area contributed by atoms with Crippen LogP contribution in [0.4, 0.5) is 0 Å². The Balaban J connectivity index is 3.21. The molecule has 3 nitrogen and oxygen atoms in total. The average Bonchev–Trinajstić information content (AvgIpc) is 2.08. The number of hydrogen-bond donors (Lipinski definition) is 0. The molecule has 0 saturated carbocycles. The number of hydrogen-bond acceptors (Lipinski definition) is 2. The second-order valence-corrected chi connectivity index (χ2v) is 4.56. The molecule has 0 radical (unpaired) electrons. The summed E-state index contributed by atoms with van der Waals surface area (Å²) in [6.45, 7) is 6.32. The Hall–Kier alpha value is 0.0500. The average molecular weight is 236 g/mol. The lowest BCUT2D eigenvalue weighted by atomic mass is 10.1. The van der Waals surface area contributed by atoms with E-state index < -0.39 is 0 Å². The van der Waals surface area contributed by atoms with E-state index in [0.717, 1.165) is 10.3 Å². The molecule has 0 aliphatic heterocycles. The van der Waals surface area contributed by atoms with E-state index in [-0.39, 0.29) is 5.54 Å². The minimum absolute atomic E-state index is 0.0272. The molecule has 1 aromatic rings. The van der Waals surface area contributed by atoms with Gasteiger partial charge in [0.1, 0.15) is 5.57 Å². The van der Waals surface area contributed by atoms with Crippen molar-refractivity contribution >= 4 is 30.7 Å². The Morgan fingerprint density at radius 1 is 1.36 bits per heavy atom. The summed E-state index contributed by atoms with van der Waals surface area (Å²) in [5.41, 5.74) is 0.878. The third-order valence-electron chi connectivity index (χ3n) is 1.32. The fourth-order valence-electron chi connectivity index (χ4n) is 0.897. The first-order chi connectivity index (χ1) is 4.93. The van der Waals surface area contributed by atoms with Gasteiger partial charge in [0, 0.05) is 5.54 Å². The van der Waals surface area contributed by atoms with Crippen LogP contribution >= 0.6 is 25.2 Å². The van der Waals surface area contributed by atoms with Crippen LogP contribution in [0.2, 0.25) is 0 Å². The smallest absolute Gasteiger partial charge is 0.200 e. The van der Waals surface area contributed by atoms with Gasteiger partial charge in [0.05, 0.1) is 0 Å². The highest BCUT2D eigenvalue weighted by molar-refractivity contribution is 9.10. The molecule has 0 fully saturated rings. The van der Waals surface area contributed by atoms with Gasteiger partial charge in [0.15, 0.2) is 0 Å². The highest BCUT2D eigenvalue weighted by Gasteiger charge is 2.19. The Morgan fingerprint density at radius 3 is 2.09 bits per heavy atom. The molecule has 0 saturated heterocycles. The maximum absolute atomic E-state index is 3.91. The molecule has 1 aromatic heterocycles. The summed E-state index contributed by atoms with van der Waals surface area (Å²) in [5, 5.41) is 7.80. The zero-order valence-electron chi connectivity index (χ0n) is 6.80. The van der Waals surface area contributed by atoms with E-state index in [9.17, 15) is 0 Å². The van der Waals surface area contributed by atoms with E-state index in [4.69, 9.17) is 0 Å². The Kier molecular flexibility index (Phi) is 2.35. The first kappa shape index (κ1) is 9.14. The minimum atomic E-state index is 0.0272. The van der Waals surface area contributed by atoms with Gasteiger partial charge in [-0.3, -0.25) is 4.57 Å². The summed E-state index contributed by atoms with van der Waals surface area (Å²) in [5.74, 6) is 0. The lowest BCUT2D eigenvalue weighted by Gasteiger charge is -2.22. The summed E-state index contributed by atoms with van der Waals surface area (Å²) in [6, 6.07) is 0. The van der Waals surface area contributed by atoms with Gasteiger partial charge >= 0.3 is 0 Å². The van der Waals surface area contributed by atoms with Gasteiger partial charge in [-0.2, -0.15) is 0 Å². The number of halogens is 1. The van der Waals surface area contributed by atoms with Crippen LogP contribution in [0.15, 0.2) is 4.73 Å². The Morgan fingerprint density at radius 2 is 1.91 bits per heavy atom. The van der Waals surface area contributed by atoms with Crippen LogP contribution in [0.3, 0.4) is 0 Å². The molecule has 1 rings (SSSR count). The summed E-state index contributed by atoms with van der Waals surface area (Å²) in [6.07, 6.45) is 0. The van der Waals surface area contributed by atoms with Gasteiger partial charge < -0.3 is 0 Å². The van der Waals surface area contributed by atoms with Crippen molar-refractivity contribution in [3.05, 3.63) is 4.73 Å². The molecule has 62 valence electrons. The van der Waals surface area contributed by atoms with Crippen LogP contribution in [0.1, 0.15) is 20.8 Å². The highest BCUT2D eigenvalue weighted by Crippen LogP contribution is 2.18. The van der Waals surface area contributed by atoms with Gasteiger partial charge in [-0.1, -0.05) is 9.24 Å². The van der Waals surface area contributed by atoms with Crippen molar-refractivity contribution in [1.29, 1.82) is 0 Å². The SMILES string of the molecule is CC(C)(C)n1c(P)nnc1Br. The lowest BCUT2D eigenvalue weighted by molar-refractivity contribution is 0.397. The topological polar surface area (TPSA) is 30.7 Å². The van der Waals surface area contributed by atoms with E-state index in [1.54, 1.807) is 0 Å². The summed E-state index contributed by atoms with van der Waals surface area (Å²) in [7, 11) is 2.55. The number of nitrogens with zero attached hydrogens (tertiary/aromatic N) is 3. The van der Waals surface area contributed by atoms with E-state index in [1.165, 1.54) is 0 Å². The highest BCUT2D eigenvalue weighted by atomic mass is 79.9. The molecule has 1 atom stereocenters. The maximum atomic E-state index is 3.91. The number of rotatable bonds is 0. The Labute approximate surface area is 76.9 Å². The molecule has 0 aromatic carbocycles. The lowest BCUT2D eigenvalue weighted by Crippen LogP contribution is -2.29. The van der Waals surface area contributed by atoms with Crippen LogP contribution in [0.25, 0.3) is 0 Å². The van der Waals surface area contributed by atoms with Crippen molar-refractivity contribution in [1.82, 2.24) is 14.8 Å². The normalized spacial score (nSPS) is 12.1. The van der Waals surface area contributed by atoms with Crippen molar-refractivity contribution in [3.63, 3.8) is 0 Å². The van der Waals surface area contributed by atoms with Crippen LogP contribution in [0, 0.1) is 0 Å². The van der Waals surface area contributed by atoms with Crippen molar-refractivity contribution in [2.75, 3.05) is 0 Å². The van der Waals surface area contributed by atoms with Gasteiger partial charge in [-0.25, -0.2) is 0 Å². The molecule has 0 N–H and O–H groups in total. The van der Waals surface area contributed by atoms with E-state index in [2.05, 4.69) is 56.1 Å². The van der Waals surface area contributed by atoms with Crippen molar-refractivity contribution in [3.8, 4) is 0 Å². The molecule has 0 spiro atoms. The first-order valence-corrected chi connectivity index (χ1v) is 4.67. The fraction of sp³-hybridized carbons (Fsp3) is 0.667. The summed E-state index contributed by atoms with van der Waals surface area (Å²) in [4.78, 5) is 0. The largest absolute Gasteiger partial charge is 0.297 e. The van der Waals surface area contributed by atoms with Gasteiger partial charge in [0.2, 0.25) is 4.73 Å². The summed E-state index contributed by atoms with van der Waals surface area (Å²) < 4.78 is 2.78. The van der Waals surface area contributed by atoms with Crippen LogP contribution in [-0.4, -0.2) is 14.8 Å². The molecule has 0 aliphatic carbocycles. The molecule has 11 heavy (non-hydrogen) atoms. The maximum Gasteiger partial charge on any atom is 0.200 e. The molecule has 5 heteroatoms. The first-order valence-electron chi connectivity index (χ1n) is 3.30. The van der Waals surface area contributed by atoms with Crippen LogP contribution in [-0.2, 0) is 5.54 Å². The third-order valence-corrected chi connectivity index (χ3v) is 2.21. The number of aromatic nitrogens is 3. The third kappa shape index (κ3) is 1.79. The predicted octanol–water partition coefficient (Wildman–Crippen LogP) is 1.30. The van der Waals surface area contributed by atoms with Crippen molar-refractivity contribution < 1.29 is 0 Å². The fourth-order valence-corrected chi connectivity index (χ4v) is 2.45. The van der Waals surface area contributed by atoms with E-state index >= 15 is 0 Å². The minimum Gasteiger partial charge on any atom is -0.297 e. The van der Waals surface area contributed by atoms with E-state index in [1.807, 2.05) is 4.57 Å². The van der Waals surface area contributed by atoms with Crippen molar-refractivity contribution in [2.24, 2.45) is 0 Å². The van der Waals surface area contributed by atoms with Gasteiger partial charge in [0.25, 0.3) is 0 Å². The summed E-state index contributed by atoms with van der Waals surface area (Å²) >= 11 is 3.33. The second-order valence-electron chi connectivity index (χ2n) is 3.33. The van der Waals surface area contributed by atoms with Gasteiger partial charge in [-0.05, 0) is 36.7 Å². The zero-order chi connectivity index (χ0) is 8.65. The monoisotopic (exact) mass is 235 g/mol. The van der Waals surface area contributed by atoms with E-state index in [0.29, 0.717) is 0 Å². The second kappa shape index (κ2) is 2.83. The molecule has 1 heterocycles. The molecular weight excluding hydrogens is 225 g/mol. The molecular formula is C6H11BrN3P. The van der Waals surface area contributed by atoms with Crippen LogP contribution in [0.5, 0.6) is 0 Å². The van der Waals surface area contributed by atoms with Crippen molar-refractivity contribution in [2.45, 2.75) is 26.3 Å².